The van der Waals surface area contributed by atoms with E-state index in [4.69, 9.17) is 26.2 Å². The number of carboxylic acid groups (broad SMARTS) is 4. The van der Waals surface area contributed by atoms with Gasteiger partial charge in [0, 0.05) is 0 Å². The van der Waals surface area contributed by atoms with Crippen LogP contribution in [0.5, 0.6) is 0 Å². The van der Waals surface area contributed by atoms with Crippen LogP contribution in [0.15, 0.2) is 0 Å². The number of nitrogens with zero attached hydrogens (tertiary/aromatic N) is 1. The van der Waals surface area contributed by atoms with Crippen LogP contribution in [0.25, 0.3) is 0 Å². The molecule has 0 aliphatic carbocycles. The normalized spacial score (nSPS) is 14.8. The molecule has 0 saturated heterocycles. The second-order valence-corrected chi connectivity index (χ2v) is 4.16. The van der Waals surface area contributed by atoms with Crippen LogP contribution in [-0.2, 0) is 24.0 Å². The largest absolute Gasteiger partial charge is 0.480 e. The number of amides is 1. The zero-order chi connectivity index (χ0) is 17.6. The Balaban J connectivity index is 5.85. The molecule has 12 nitrogen and oxygen atoms in total. The topological polar surface area (TPSA) is 216 Å². The lowest BCUT2D eigenvalue weighted by molar-refractivity contribution is -0.168. The quantitative estimate of drug-likeness (QED) is 0.233. The Morgan fingerprint density at radius 3 is 1.68 bits per heavy atom. The van der Waals surface area contributed by atoms with Crippen molar-refractivity contribution >= 4 is 29.8 Å². The molecule has 0 aliphatic heterocycles. The summed E-state index contributed by atoms with van der Waals surface area (Å²) in [7, 11) is 0. The van der Waals surface area contributed by atoms with Gasteiger partial charge in [0.25, 0.3) is 0 Å². The SMILES string of the molecule is NC(=O)C[C@@H](C(=O)O)N(CC(=O)O)C(C(=O)O)C(O)C(=O)O. The van der Waals surface area contributed by atoms with E-state index in [2.05, 4.69) is 0 Å². The number of aliphatic hydroxyl groups is 1. The van der Waals surface area contributed by atoms with Crippen molar-refractivity contribution in [3.05, 3.63) is 0 Å². The van der Waals surface area contributed by atoms with E-state index >= 15 is 0 Å². The predicted octanol–water partition coefficient (Wildman–Crippen LogP) is -3.40. The highest BCUT2D eigenvalue weighted by molar-refractivity contribution is 5.88. The van der Waals surface area contributed by atoms with E-state index in [1.165, 1.54) is 0 Å². The van der Waals surface area contributed by atoms with E-state index in [9.17, 15) is 29.1 Å². The lowest BCUT2D eigenvalue weighted by atomic mass is 10.0. The molecule has 0 aliphatic rings. The lowest BCUT2D eigenvalue weighted by Crippen LogP contribution is -2.59. The smallest absolute Gasteiger partial charge is 0.334 e. The summed E-state index contributed by atoms with van der Waals surface area (Å²) in [5.74, 6) is -8.67. The molecule has 0 aromatic heterocycles. The molecule has 0 saturated carbocycles. The van der Waals surface area contributed by atoms with Gasteiger partial charge in [0.2, 0.25) is 5.91 Å². The average Bonchev–Trinajstić information content (AvgIpc) is 2.33. The lowest BCUT2D eigenvalue weighted by Gasteiger charge is -2.33. The molecule has 1 amide bonds. The molecule has 2 unspecified atom stereocenters. The third kappa shape index (κ3) is 5.34. The van der Waals surface area contributed by atoms with Crippen LogP contribution in [0.2, 0.25) is 0 Å². The number of hydrogen-bond donors (Lipinski definition) is 6. The molecule has 124 valence electrons. The number of aliphatic hydroxyl groups excluding tert-OH is 1. The molecule has 0 fully saturated rings. The van der Waals surface area contributed by atoms with E-state index < -0.39 is 60.9 Å². The van der Waals surface area contributed by atoms with Crippen LogP contribution >= 0.6 is 0 Å². The molecule has 0 aromatic rings. The van der Waals surface area contributed by atoms with Gasteiger partial charge >= 0.3 is 23.9 Å². The maximum absolute atomic E-state index is 11.1. The first-order chi connectivity index (χ1) is 9.98. The van der Waals surface area contributed by atoms with Crippen molar-refractivity contribution in [1.29, 1.82) is 0 Å². The molecule has 7 N–H and O–H groups in total. The molecule has 0 spiro atoms. The molecule has 22 heavy (non-hydrogen) atoms. The van der Waals surface area contributed by atoms with Crippen molar-refractivity contribution in [3.8, 4) is 0 Å². The minimum Gasteiger partial charge on any atom is -0.480 e. The highest BCUT2D eigenvalue weighted by atomic mass is 16.4. The zero-order valence-electron chi connectivity index (χ0n) is 10.9. The first-order valence-electron chi connectivity index (χ1n) is 5.61. The highest BCUT2D eigenvalue weighted by Crippen LogP contribution is 2.14. The van der Waals surface area contributed by atoms with Gasteiger partial charge in [-0.15, -0.1) is 0 Å². The Morgan fingerprint density at radius 2 is 1.41 bits per heavy atom. The van der Waals surface area contributed by atoms with Crippen LogP contribution in [0.3, 0.4) is 0 Å². The third-order valence-electron chi connectivity index (χ3n) is 2.56. The molecule has 0 rings (SSSR count). The van der Waals surface area contributed by atoms with Gasteiger partial charge in [-0.05, 0) is 0 Å². The number of carbonyl (C=O) groups excluding carboxylic acids is 1. The molecule has 0 heterocycles. The van der Waals surface area contributed by atoms with E-state index in [1.807, 2.05) is 0 Å². The monoisotopic (exact) mass is 322 g/mol. The van der Waals surface area contributed by atoms with Crippen molar-refractivity contribution in [3.63, 3.8) is 0 Å². The minimum absolute atomic E-state index is 0.163. The third-order valence-corrected chi connectivity index (χ3v) is 2.56. The fourth-order valence-electron chi connectivity index (χ4n) is 1.69. The van der Waals surface area contributed by atoms with E-state index in [1.54, 1.807) is 0 Å². The van der Waals surface area contributed by atoms with E-state index in [0.717, 1.165) is 0 Å². The summed E-state index contributed by atoms with van der Waals surface area (Å²) in [6.07, 6.45) is -3.59. The molecular formula is C10H14N2O10. The fourth-order valence-corrected chi connectivity index (χ4v) is 1.69. The van der Waals surface area contributed by atoms with Gasteiger partial charge in [-0.1, -0.05) is 0 Å². The highest BCUT2D eigenvalue weighted by Gasteiger charge is 2.44. The maximum Gasteiger partial charge on any atom is 0.334 e. The molecular weight excluding hydrogens is 308 g/mol. The standard InChI is InChI=1S/C10H14N2O10/c11-4(13)1-3(8(17)18)12(2-5(14)15)6(9(19)20)7(16)10(21)22/h3,6-7,16H,1-2H2,(H2,11,13)(H,14,15)(H,17,18)(H,19,20)(H,21,22)/t3-,6?,7?/m0/s1. The second kappa shape index (κ2) is 7.90. The van der Waals surface area contributed by atoms with Gasteiger partial charge in [0.05, 0.1) is 13.0 Å². The number of carbonyl (C=O) groups is 5. The summed E-state index contributed by atoms with van der Waals surface area (Å²) in [5.41, 5.74) is 4.81. The molecule has 3 atom stereocenters. The number of carboxylic acids is 4. The van der Waals surface area contributed by atoms with Crippen molar-refractivity contribution in [1.82, 2.24) is 4.90 Å². The predicted molar refractivity (Wildman–Crippen MR) is 64.6 cm³/mol. The summed E-state index contributed by atoms with van der Waals surface area (Å²) in [5, 5.41) is 44.7. The summed E-state index contributed by atoms with van der Waals surface area (Å²) < 4.78 is 0. The first-order valence-corrected chi connectivity index (χ1v) is 5.61. The maximum atomic E-state index is 11.1. The Labute approximate surface area is 122 Å². The van der Waals surface area contributed by atoms with Gasteiger partial charge in [0.1, 0.15) is 12.1 Å². The summed E-state index contributed by atoms with van der Waals surface area (Å²) in [6.45, 7) is -1.24. The Kier molecular flexibility index (Phi) is 6.92. The van der Waals surface area contributed by atoms with Crippen LogP contribution in [0.4, 0.5) is 0 Å². The van der Waals surface area contributed by atoms with Gasteiger partial charge in [0.15, 0.2) is 6.10 Å². The second-order valence-electron chi connectivity index (χ2n) is 4.16. The zero-order valence-corrected chi connectivity index (χ0v) is 10.9. The Morgan fingerprint density at radius 1 is 0.909 bits per heavy atom. The summed E-state index contributed by atoms with van der Waals surface area (Å²) in [6, 6.07) is -4.45. The van der Waals surface area contributed by atoms with Gasteiger partial charge in [-0.3, -0.25) is 24.1 Å². The number of nitrogens with two attached hydrogens (primary N) is 1. The van der Waals surface area contributed by atoms with Crippen LogP contribution < -0.4 is 5.73 Å². The van der Waals surface area contributed by atoms with Crippen LogP contribution in [-0.4, -0.2) is 84.9 Å². The number of hydrogen-bond acceptors (Lipinski definition) is 7. The first kappa shape index (κ1) is 19.3. The molecule has 0 radical (unpaired) electrons. The number of aliphatic carboxylic acids is 4. The van der Waals surface area contributed by atoms with Crippen LogP contribution in [0.1, 0.15) is 6.42 Å². The molecule has 0 aromatic carbocycles. The van der Waals surface area contributed by atoms with E-state index in [0.29, 0.717) is 0 Å². The van der Waals surface area contributed by atoms with Crippen molar-refractivity contribution < 1.29 is 49.5 Å². The van der Waals surface area contributed by atoms with Gasteiger partial charge < -0.3 is 31.3 Å². The molecule has 12 heteroatoms. The number of primary amides is 1. The minimum atomic E-state index is -2.62. The number of rotatable bonds is 10. The summed E-state index contributed by atoms with van der Waals surface area (Å²) >= 11 is 0. The Bertz CT molecular complexity index is 490. The van der Waals surface area contributed by atoms with Crippen molar-refractivity contribution in [2.75, 3.05) is 6.54 Å². The Hall–Kier alpha value is -2.73. The van der Waals surface area contributed by atoms with Gasteiger partial charge in [-0.2, -0.15) is 0 Å². The van der Waals surface area contributed by atoms with Crippen molar-refractivity contribution in [2.24, 2.45) is 5.73 Å². The molecule has 0 bridgehead atoms. The van der Waals surface area contributed by atoms with Gasteiger partial charge in [-0.25, -0.2) is 4.79 Å². The van der Waals surface area contributed by atoms with E-state index in [-0.39, 0.29) is 4.90 Å². The van der Waals surface area contributed by atoms with Crippen molar-refractivity contribution in [2.45, 2.75) is 24.6 Å². The summed E-state index contributed by atoms with van der Waals surface area (Å²) in [4.78, 5) is 54.7. The van der Waals surface area contributed by atoms with Crippen LogP contribution in [0, 0.1) is 0 Å². The fraction of sp³-hybridized carbons (Fsp3) is 0.500. The average molecular weight is 322 g/mol.